The van der Waals surface area contributed by atoms with Crippen LogP contribution < -0.4 is 14.5 Å². The van der Waals surface area contributed by atoms with E-state index < -0.39 is 19.0 Å². The molecule has 0 saturated carbocycles. The molecule has 0 spiro atoms. The van der Waals surface area contributed by atoms with Crippen molar-refractivity contribution in [3.05, 3.63) is 82.5 Å². The van der Waals surface area contributed by atoms with E-state index in [0.717, 1.165) is 54.5 Å². The predicted molar refractivity (Wildman–Crippen MR) is 177 cm³/mol. The van der Waals surface area contributed by atoms with Gasteiger partial charge in [0.15, 0.2) is 0 Å². The highest BCUT2D eigenvalue weighted by molar-refractivity contribution is 6.30. The second-order valence-corrected chi connectivity index (χ2v) is 13.0. The smallest absolute Gasteiger partial charge is 0.337 e. The van der Waals surface area contributed by atoms with Gasteiger partial charge in [-0.2, -0.15) is 4.98 Å². The normalized spacial score (nSPS) is 22.4. The van der Waals surface area contributed by atoms with Crippen LogP contribution in [-0.2, 0) is 0 Å². The number of aromatic nitrogens is 2. The Kier molecular flexibility index (Phi) is 6.35. The van der Waals surface area contributed by atoms with Gasteiger partial charge in [0.25, 0.3) is 0 Å². The molecule has 7 rings (SSSR count). The van der Waals surface area contributed by atoms with Crippen LogP contribution in [0.25, 0.3) is 16.6 Å². The lowest BCUT2D eigenvalue weighted by molar-refractivity contribution is 0.0697. The first kappa shape index (κ1) is 24.3. The summed E-state index contributed by atoms with van der Waals surface area (Å²) in [6, 6.07) is 16.4. The van der Waals surface area contributed by atoms with Crippen molar-refractivity contribution in [2.45, 2.75) is 33.1 Å². The Morgan fingerprint density at radius 1 is 1.09 bits per heavy atom. The molecule has 2 N–H and O–H groups in total. The second-order valence-electron chi connectivity index (χ2n) is 12.6. The van der Waals surface area contributed by atoms with E-state index in [9.17, 15) is 9.90 Å². The number of hydrogen-bond acceptors (Lipinski definition) is 6. The van der Waals surface area contributed by atoms with E-state index in [1.165, 1.54) is 22.8 Å². The molecule has 1 aliphatic carbocycles. The fourth-order valence-electron chi connectivity index (χ4n) is 6.54. The Labute approximate surface area is 268 Å². The van der Waals surface area contributed by atoms with Crippen LogP contribution in [0.15, 0.2) is 66.4 Å². The zero-order valence-corrected chi connectivity index (χ0v) is 25.6. The van der Waals surface area contributed by atoms with Crippen molar-refractivity contribution in [1.29, 1.82) is 0 Å². The number of halogens is 1. The Morgan fingerprint density at radius 3 is 2.66 bits per heavy atom. The average molecular weight is 616 g/mol. The summed E-state index contributed by atoms with van der Waals surface area (Å²) in [6.07, 6.45) is 4.87. The summed E-state index contributed by atoms with van der Waals surface area (Å²) >= 11 is 6.20. The van der Waals surface area contributed by atoms with Crippen molar-refractivity contribution >= 4 is 51.2 Å². The lowest BCUT2D eigenvalue weighted by atomic mass is 9.72. The van der Waals surface area contributed by atoms with Gasteiger partial charge in [-0.15, -0.1) is 0 Å². The number of hydrogen-bond donors (Lipinski definition) is 2. The monoisotopic (exact) mass is 615 g/mol. The molecule has 1 saturated heterocycles. The molecule has 0 atom stereocenters. The average Bonchev–Trinajstić information content (AvgIpc) is 3.49. The third-order valence-electron chi connectivity index (χ3n) is 9.01. The van der Waals surface area contributed by atoms with Crippen molar-refractivity contribution < 1.29 is 20.1 Å². The van der Waals surface area contributed by atoms with Gasteiger partial charge in [0, 0.05) is 55.0 Å². The molecule has 4 heterocycles. The Hall–Kier alpha value is -4.01. The van der Waals surface area contributed by atoms with Crippen LogP contribution in [0.2, 0.25) is 5.02 Å². The Balaban J connectivity index is 1.17. The minimum absolute atomic E-state index is 0.0279. The van der Waals surface area contributed by atoms with E-state index in [1.807, 2.05) is 12.1 Å². The maximum absolute atomic E-state index is 12.5. The van der Waals surface area contributed by atoms with Crippen molar-refractivity contribution in [1.82, 2.24) is 14.9 Å². The zero-order chi connectivity index (χ0) is 34.0. The van der Waals surface area contributed by atoms with Gasteiger partial charge in [-0.05, 0) is 78.3 Å². The molecule has 1 fully saturated rings. The molecule has 0 unspecified atom stereocenters. The van der Waals surface area contributed by atoms with E-state index in [-0.39, 0.29) is 28.2 Å². The number of benzene rings is 2. The molecular weight excluding hydrogens is 574 g/mol. The van der Waals surface area contributed by atoms with Crippen LogP contribution in [0.4, 0.5) is 17.1 Å². The predicted octanol–water partition coefficient (Wildman–Crippen LogP) is 7.23. The fraction of sp³-hybridized carbons (Fsp3) is 0.371. The molecule has 4 aromatic rings. The molecule has 8 nitrogen and oxygen atoms in total. The van der Waals surface area contributed by atoms with Crippen LogP contribution in [0.3, 0.4) is 0 Å². The topological polar surface area (TPSA) is 84.9 Å². The summed E-state index contributed by atoms with van der Waals surface area (Å²) in [6.45, 7) is 2.93. The number of H-pyrrole nitrogens is 1. The Bertz CT molecular complexity index is 1920. The van der Waals surface area contributed by atoms with Crippen molar-refractivity contribution in [2.24, 2.45) is 5.41 Å². The highest BCUT2D eigenvalue weighted by Gasteiger charge is 2.30. The summed E-state index contributed by atoms with van der Waals surface area (Å²) in [5, 5.41) is 11.6. The number of fused-ring (bicyclic) bond motifs is 2. The van der Waals surface area contributed by atoms with Crippen molar-refractivity contribution in [2.75, 3.05) is 55.6 Å². The number of piperazine rings is 1. The maximum Gasteiger partial charge on any atom is 0.337 e. The van der Waals surface area contributed by atoms with Crippen molar-refractivity contribution in [3.8, 4) is 5.88 Å². The number of rotatable bonds is 6. The molecule has 0 radical (unpaired) electrons. The van der Waals surface area contributed by atoms with Gasteiger partial charge in [0.05, 0.1) is 23.2 Å². The van der Waals surface area contributed by atoms with Gasteiger partial charge < -0.3 is 24.6 Å². The molecule has 44 heavy (non-hydrogen) atoms. The zero-order valence-electron chi connectivity index (χ0n) is 28.9. The van der Waals surface area contributed by atoms with E-state index >= 15 is 0 Å². The number of aromatic amines is 1. The minimum atomic E-state index is -2.83. The maximum atomic E-state index is 12.5. The lowest BCUT2D eigenvalue weighted by Crippen LogP contribution is -2.47. The highest BCUT2D eigenvalue weighted by atomic mass is 35.5. The van der Waals surface area contributed by atoms with E-state index in [2.05, 4.69) is 45.7 Å². The van der Waals surface area contributed by atoms with Crippen molar-refractivity contribution in [3.63, 3.8) is 0 Å². The van der Waals surface area contributed by atoms with E-state index in [0.29, 0.717) is 24.1 Å². The number of anilines is 3. The van der Waals surface area contributed by atoms with Gasteiger partial charge in [0.2, 0.25) is 5.88 Å². The number of nitrogens with one attached hydrogen (secondary N) is 1. The van der Waals surface area contributed by atoms with E-state index in [4.69, 9.17) is 21.8 Å². The molecule has 2 aromatic heterocycles. The first-order chi connectivity index (χ1) is 22.7. The van der Waals surface area contributed by atoms with Crippen LogP contribution in [-0.4, -0.2) is 71.7 Å². The Morgan fingerprint density at radius 2 is 1.89 bits per heavy atom. The number of nitrogens with zero attached hydrogens (tertiary/aromatic N) is 4. The number of carboxylic acid groups (broad SMARTS) is 1. The molecule has 2 aromatic carbocycles. The van der Waals surface area contributed by atoms with Crippen LogP contribution in [0.1, 0.15) is 54.5 Å². The fourth-order valence-corrected chi connectivity index (χ4v) is 6.66. The van der Waals surface area contributed by atoms with Gasteiger partial charge >= 0.3 is 5.97 Å². The standard InChI is InChI=1S/C35H38ClN5O3/c1-35(2)11-9-25(29(21-35)23-3-5-26(36)6-4-23)22-39-13-15-40(16-14-39)27-7-8-28(34(42)43)30(20-27)41-17-18-44-33-31(41)19-24-10-12-37-32(24)38-33/h3-8,10,12,19-20H,9,11,13-18,21-22H2,1-2H3,(H,37,38)(H,42,43)/i17D2,18D2. The molecule has 0 amide bonds. The summed E-state index contributed by atoms with van der Waals surface area (Å²) in [5.41, 5.74) is 5.54. The molecule has 228 valence electrons. The molecule has 9 heteroatoms. The molecule has 0 bridgehead atoms. The highest BCUT2D eigenvalue weighted by Crippen LogP contribution is 2.44. The van der Waals surface area contributed by atoms with E-state index in [1.54, 1.807) is 30.5 Å². The van der Waals surface area contributed by atoms with Crippen LogP contribution >= 0.6 is 11.6 Å². The molecule has 3 aliphatic rings. The lowest BCUT2D eigenvalue weighted by Gasteiger charge is -2.39. The molecular formula is C35H38ClN5O3. The number of carbonyl (C=O) groups is 1. The first-order valence-corrected chi connectivity index (χ1v) is 15.4. The van der Waals surface area contributed by atoms with Crippen LogP contribution in [0, 0.1) is 5.41 Å². The first-order valence-electron chi connectivity index (χ1n) is 17.0. The second kappa shape index (κ2) is 11.5. The number of ether oxygens (including phenoxy) is 1. The third-order valence-corrected chi connectivity index (χ3v) is 9.26. The quantitative estimate of drug-likeness (QED) is 0.237. The van der Waals surface area contributed by atoms with Gasteiger partial charge in [-0.25, -0.2) is 4.79 Å². The summed E-state index contributed by atoms with van der Waals surface area (Å²) in [7, 11) is 0. The third kappa shape index (κ3) is 5.64. The van der Waals surface area contributed by atoms with Gasteiger partial charge in [0.1, 0.15) is 17.9 Å². The van der Waals surface area contributed by atoms with Gasteiger partial charge in [-0.1, -0.05) is 43.2 Å². The minimum Gasteiger partial charge on any atom is -0.478 e. The summed E-state index contributed by atoms with van der Waals surface area (Å²) in [4.78, 5) is 25.6. The number of allylic oxidation sites excluding steroid dienone is 1. The van der Waals surface area contributed by atoms with Crippen LogP contribution in [0.5, 0.6) is 5.88 Å². The number of aromatic carboxylic acids is 1. The summed E-state index contributed by atoms with van der Waals surface area (Å²) < 4.78 is 40.1. The SMILES string of the molecule is [2H]C1([2H])Oc2nc3[nH]ccc3cc2N(c2cc(N3CCN(CC4=C(c5ccc(Cl)cc5)CC(C)(C)CC4)CC3)ccc2C(=O)O)C1([2H])[2H]. The number of pyridine rings is 1. The summed E-state index contributed by atoms with van der Waals surface area (Å²) in [5.74, 6) is -1.37. The number of carboxylic acids is 1. The molecule has 2 aliphatic heterocycles. The van der Waals surface area contributed by atoms with Gasteiger partial charge in [-0.3, -0.25) is 4.90 Å². The largest absolute Gasteiger partial charge is 0.478 e.